The van der Waals surface area contributed by atoms with Crippen LogP contribution in [0.25, 0.3) is 21.5 Å². The molecule has 3 aromatic rings. The van der Waals surface area contributed by atoms with Crippen molar-refractivity contribution in [3.05, 3.63) is 54.1 Å². The summed E-state index contributed by atoms with van der Waals surface area (Å²) in [5.74, 6) is 0.856. The normalized spacial score (nSPS) is 11.6. The third-order valence-corrected chi connectivity index (χ3v) is 4.92. The highest BCUT2D eigenvalue weighted by Crippen LogP contribution is 2.38. The Balaban J connectivity index is 0.00000280. The summed E-state index contributed by atoms with van der Waals surface area (Å²) in [6, 6.07) is 16.3. The van der Waals surface area contributed by atoms with Crippen LogP contribution >= 0.6 is 12.4 Å². The first-order valence-corrected chi connectivity index (χ1v) is 9.14. The number of hydrogen-bond acceptors (Lipinski definition) is 5. The van der Waals surface area contributed by atoms with Gasteiger partial charge in [-0.1, -0.05) is 48.5 Å². The number of benzene rings is 3. The van der Waals surface area contributed by atoms with Crippen LogP contribution in [0, 0.1) is 0 Å². The Morgan fingerprint density at radius 3 is 1.82 bits per heavy atom. The number of rotatable bonds is 9. The van der Waals surface area contributed by atoms with Crippen LogP contribution in [0.2, 0.25) is 0 Å². The Labute approximate surface area is 171 Å². The molecular formula is C22H28ClNO4. The quantitative estimate of drug-likeness (QED) is 0.376. The molecule has 3 N–H and O–H groups in total. The van der Waals surface area contributed by atoms with Gasteiger partial charge in [-0.2, -0.15) is 0 Å². The second-order valence-electron chi connectivity index (χ2n) is 6.97. The molecule has 3 aromatic carbocycles. The summed E-state index contributed by atoms with van der Waals surface area (Å²) in [6.07, 6.45) is 0. The Morgan fingerprint density at radius 1 is 0.857 bits per heavy atom. The lowest BCUT2D eigenvalue weighted by Crippen LogP contribution is -2.48. The van der Waals surface area contributed by atoms with E-state index in [1.165, 1.54) is 0 Å². The third kappa shape index (κ3) is 4.57. The lowest BCUT2D eigenvalue weighted by molar-refractivity contribution is 0.103. The molecule has 3 rings (SSSR count). The maximum atomic E-state index is 9.60. The van der Waals surface area contributed by atoms with Gasteiger partial charge in [0.05, 0.1) is 25.4 Å². The average molecular weight is 406 g/mol. The Morgan fingerprint density at radius 2 is 1.36 bits per heavy atom. The predicted molar refractivity (Wildman–Crippen MR) is 115 cm³/mol. The number of halogens is 1. The van der Waals surface area contributed by atoms with Crippen LogP contribution in [-0.4, -0.2) is 49.3 Å². The molecule has 152 valence electrons. The molecule has 0 spiro atoms. The van der Waals surface area contributed by atoms with Crippen LogP contribution in [-0.2, 0) is 11.3 Å². The molecule has 0 saturated carbocycles. The topological polar surface area (TPSA) is 71.0 Å². The monoisotopic (exact) mass is 405 g/mol. The maximum Gasteiger partial charge on any atom is 0.135 e. The van der Waals surface area contributed by atoms with Gasteiger partial charge in [-0.05, 0) is 23.3 Å². The Hall–Kier alpha value is -1.89. The van der Waals surface area contributed by atoms with Gasteiger partial charge >= 0.3 is 0 Å². The fraction of sp³-hybridized carbons (Fsp3) is 0.364. The molecule has 0 aliphatic rings. The molecule has 5 nitrogen and oxygen atoms in total. The molecule has 0 amide bonds. The van der Waals surface area contributed by atoms with Crippen molar-refractivity contribution >= 4 is 34.0 Å². The average Bonchev–Trinajstić information content (AvgIpc) is 2.72. The lowest BCUT2D eigenvalue weighted by Gasteiger charge is -2.27. The van der Waals surface area contributed by atoms with Crippen molar-refractivity contribution in [1.82, 2.24) is 5.32 Å². The van der Waals surface area contributed by atoms with Crippen molar-refractivity contribution in [2.45, 2.75) is 19.0 Å². The van der Waals surface area contributed by atoms with Crippen LogP contribution in [0.15, 0.2) is 48.5 Å². The summed E-state index contributed by atoms with van der Waals surface area (Å²) in [6.45, 7) is 3.05. The third-order valence-electron chi connectivity index (χ3n) is 4.92. The Bertz CT molecular complexity index is 855. The van der Waals surface area contributed by atoms with Crippen LogP contribution in [0.3, 0.4) is 0 Å². The number of aliphatic hydroxyl groups is 2. The Kier molecular flexibility index (Phi) is 8.04. The molecule has 0 atom stereocenters. The smallest absolute Gasteiger partial charge is 0.135 e. The first kappa shape index (κ1) is 22.4. The van der Waals surface area contributed by atoms with Crippen molar-refractivity contribution in [2.75, 3.05) is 33.5 Å². The van der Waals surface area contributed by atoms with Crippen LogP contribution in [0.1, 0.15) is 12.5 Å². The van der Waals surface area contributed by atoms with Crippen molar-refractivity contribution in [1.29, 1.82) is 0 Å². The van der Waals surface area contributed by atoms with E-state index >= 15 is 0 Å². The van der Waals surface area contributed by atoms with Gasteiger partial charge in [0, 0.05) is 24.4 Å². The van der Waals surface area contributed by atoms with E-state index in [1.807, 2.05) is 24.3 Å². The molecule has 0 aromatic heterocycles. The number of ether oxygens (including phenoxy) is 2. The van der Waals surface area contributed by atoms with Gasteiger partial charge in [0.1, 0.15) is 12.4 Å². The van der Waals surface area contributed by atoms with Gasteiger partial charge in [0.15, 0.2) is 0 Å². The van der Waals surface area contributed by atoms with E-state index < -0.39 is 5.54 Å². The first-order chi connectivity index (χ1) is 13.1. The maximum absolute atomic E-state index is 9.60. The zero-order valence-electron chi connectivity index (χ0n) is 16.3. The molecular weight excluding hydrogens is 378 g/mol. The summed E-state index contributed by atoms with van der Waals surface area (Å²) < 4.78 is 11.2. The summed E-state index contributed by atoms with van der Waals surface area (Å²) >= 11 is 0. The van der Waals surface area contributed by atoms with E-state index in [-0.39, 0.29) is 25.6 Å². The second kappa shape index (κ2) is 10.0. The molecule has 0 aliphatic heterocycles. The van der Waals surface area contributed by atoms with Crippen molar-refractivity contribution in [3.63, 3.8) is 0 Å². The molecule has 0 aliphatic carbocycles. The predicted octanol–water partition coefficient (Wildman–Crippen LogP) is 3.27. The second-order valence-corrected chi connectivity index (χ2v) is 6.97. The van der Waals surface area contributed by atoms with Crippen LogP contribution in [0.5, 0.6) is 5.75 Å². The van der Waals surface area contributed by atoms with Gasteiger partial charge in [0.2, 0.25) is 0 Å². The molecule has 0 radical (unpaired) electrons. The zero-order chi connectivity index (χ0) is 19.3. The molecule has 28 heavy (non-hydrogen) atoms. The number of hydrogen-bond donors (Lipinski definition) is 3. The first-order valence-electron chi connectivity index (χ1n) is 9.14. The standard InChI is InChI=1S/C22H27NO4.ClH/c1-22(14-24,15-25)23-13-20-16-7-3-5-9-18(16)21(27-12-11-26-2)19-10-6-4-8-17(19)20;/h3-10,23-25H,11-15H2,1-2H3;1H. The molecule has 0 heterocycles. The number of aliphatic hydroxyl groups excluding tert-OH is 2. The van der Waals surface area contributed by atoms with Crippen molar-refractivity contribution in [3.8, 4) is 5.75 Å². The number of fused-ring (bicyclic) bond motifs is 2. The largest absolute Gasteiger partial charge is 0.490 e. The minimum atomic E-state index is -0.740. The SMILES string of the molecule is COCCOc1c2ccccc2c(CNC(C)(CO)CO)c2ccccc12.Cl. The minimum Gasteiger partial charge on any atom is -0.490 e. The highest BCUT2D eigenvalue weighted by molar-refractivity contribution is 6.08. The number of nitrogens with one attached hydrogen (secondary N) is 1. The van der Waals surface area contributed by atoms with E-state index in [1.54, 1.807) is 14.0 Å². The van der Waals surface area contributed by atoms with Crippen molar-refractivity contribution < 1.29 is 19.7 Å². The van der Waals surface area contributed by atoms with Crippen molar-refractivity contribution in [2.24, 2.45) is 0 Å². The van der Waals surface area contributed by atoms with Gasteiger partial charge < -0.3 is 25.0 Å². The summed E-state index contributed by atoms with van der Waals surface area (Å²) in [4.78, 5) is 0. The van der Waals surface area contributed by atoms with E-state index in [0.29, 0.717) is 19.8 Å². The minimum absolute atomic E-state index is 0. The highest BCUT2D eigenvalue weighted by Gasteiger charge is 2.23. The van der Waals surface area contributed by atoms with Crippen LogP contribution < -0.4 is 10.1 Å². The highest BCUT2D eigenvalue weighted by atomic mass is 35.5. The van der Waals surface area contributed by atoms with Gasteiger partial charge in [0.25, 0.3) is 0 Å². The summed E-state index contributed by atoms with van der Waals surface area (Å²) in [5, 5.41) is 26.8. The van der Waals surface area contributed by atoms with E-state index in [0.717, 1.165) is 32.9 Å². The molecule has 0 unspecified atom stereocenters. The summed E-state index contributed by atoms with van der Waals surface area (Å²) in [7, 11) is 1.66. The van der Waals surface area contributed by atoms with Gasteiger partial charge in [-0.25, -0.2) is 0 Å². The van der Waals surface area contributed by atoms with Crippen LogP contribution in [0.4, 0.5) is 0 Å². The lowest BCUT2D eigenvalue weighted by atomic mass is 9.94. The van der Waals surface area contributed by atoms with E-state index in [4.69, 9.17) is 9.47 Å². The molecule has 0 saturated heterocycles. The fourth-order valence-corrected chi connectivity index (χ4v) is 3.22. The molecule has 6 heteroatoms. The van der Waals surface area contributed by atoms with Gasteiger partial charge in [-0.3, -0.25) is 0 Å². The zero-order valence-corrected chi connectivity index (χ0v) is 17.1. The summed E-state index contributed by atoms with van der Waals surface area (Å²) in [5.41, 5.74) is 0.379. The molecule has 0 fully saturated rings. The van der Waals surface area contributed by atoms with Gasteiger partial charge in [-0.15, -0.1) is 12.4 Å². The van der Waals surface area contributed by atoms with E-state index in [9.17, 15) is 10.2 Å². The van der Waals surface area contributed by atoms with E-state index in [2.05, 4.69) is 29.6 Å². The fourth-order valence-electron chi connectivity index (χ4n) is 3.22. The molecule has 0 bridgehead atoms. The number of methoxy groups -OCH3 is 1.